The van der Waals surface area contributed by atoms with E-state index in [0.29, 0.717) is 11.8 Å². The third kappa shape index (κ3) is 3.85. The Labute approximate surface area is 132 Å². The summed E-state index contributed by atoms with van der Waals surface area (Å²) < 4.78 is 0. The summed E-state index contributed by atoms with van der Waals surface area (Å²) in [4.78, 5) is 0. The van der Waals surface area contributed by atoms with Gasteiger partial charge in [-0.3, -0.25) is 11.3 Å². The Hall–Kier alpha value is -1.35. The minimum atomic E-state index is 0.0426. The van der Waals surface area contributed by atoms with Crippen LogP contribution in [0.3, 0.4) is 0 Å². The van der Waals surface area contributed by atoms with Crippen LogP contribution in [0.15, 0.2) is 54.6 Å². The summed E-state index contributed by atoms with van der Waals surface area (Å²) in [7, 11) is 0. The molecule has 2 nitrogen and oxygen atoms in total. The topological polar surface area (TPSA) is 38.0 Å². The van der Waals surface area contributed by atoms with Crippen LogP contribution < -0.4 is 11.3 Å². The molecule has 0 heterocycles. The van der Waals surface area contributed by atoms with E-state index in [-0.39, 0.29) is 6.04 Å². The summed E-state index contributed by atoms with van der Waals surface area (Å²) in [5.74, 6) is 6.70. The zero-order valence-corrected chi connectivity index (χ0v) is 13.3. The largest absolute Gasteiger partial charge is 0.271 e. The van der Waals surface area contributed by atoms with Crippen LogP contribution in [0.1, 0.15) is 43.4 Å². The average molecular weight is 303 g/mol. The van der Waals surface area contributed by atoms with Crippen molar-refractivity contribution in [2.45, 2.75) is 32.2 Å². The van der Waals surface area contributed by atoms with Crippen LogP contribution in [0.5, 0.6) is 0 Å². The van der Waals surface area contributed by atoms with Gasteiger partial charge >= 0.3 is 0 Å². The van der Waals surface area contributed by atoms with Gasteiger partial charge in [-0.15, -0.1) is 0 Å². The van der Waals surface area contributed by atoms with Crippen molar-refractivity contribution in [1.29, 1.82) is 0 Å². The van der Waals surface area contributed by atoms with Crippen molar-refractivity contribution in [3.63, 3.8) is 0 Å². The first-order chi connectivity index (χ1) is 10.2. The summed E-state index contributed by atoms with van der Waals surface area (Å²) in [5, 5.41) is 0.740. The molecule has 0 saturated carbocycles. The van der Waals surface area contributed by atoms with Gasteiger partial charge in [-0.1, -0.05) is 74.3 Å². The van der Waals surface area contributed by atoms with Crippen LogP contribution in [-0.2, 0) is 0 Å². The van der Waals surface area contributed by atoms with Gasteiger partial charge in [-0.2, -0.15) is 0 Å². The van der Waals surface area contributed by atoms with Gasteiger partial charge in [-0.05, 0) is 29.2 Å². The molecule has 0 aromatic heterocycles. The van der Waals surface area contributed by atoms with Crippen LogP contribution in [0.4, 0.5) is 0 Å². The SMILES string of the molecule is CCC(C)C(c1ccccc1)C(NN)c1cccc(Cl)c1. The summed E-state index contributed by atoms with van der Waals surface area (Å²) >= 11 is 6.14. The average Bonchev–Trinajstić information content (AvgIpc) is 2.52. The van der Waals surface area contributed by atoms with Gasteiger partial charge in [0.1, 0.15) is 0 Å². The third-order valence-corrected chi connectivity index (χ3v) is 4.42. The number of hydrazine groups is 1. The van der Waals surface area contributed by atoms with E-state index in [0.717, 1.165) is 17.0 Å². The van der Waals surface area contributed by atoms with E-state index < -0.39 is 0 Å². The summed E-state index contributed by atoms with van der Waals surface area (Å²) in [5.41, 5.74) is 5.43. The molecule has 0 spiro atoms. The fraction of sp³-hybridized carbons (Fsp3) is 0.333. The van der Waals surface area contributed by atoms with E-state index in [1.807, 2.05) is 24.3 Å². The number of nitrogens with two attached hydrogens (primary N) is 1. The van der Waals surface area contributed by atoms with Crippen LogP contribution >= 0.6 is 11.6 Å². The van der Waals surface area contributed by atoms with E-state index >= 15 is 0 Å². The number of halogens is 1. The van der Waals surface area contributed by atoms with Crippen molar-refractivity contribution in [2.24, 2.45) is 11.8 Å². The predicted molar refractivity (Wildman–Crippen MR) is 90.2 cm³/mol. The fourth-order valence-corrected chi connectivity index (χ4v) is 3.08. The van der Waals surface area contributed by atoms with E-state index in [9.17, 15) is 0 Å². The van der Waals surface area contributed by atoms with Crippen molar-refractivity contribution in [2.75, 3.05) is 0 Å². The molecule has 2 aromatic rings. The second kappa shape index (κ2) is 7.60. The first-order valence-corrected chi connectivity index (χ1v) is 7.81. The van der Waals surface area contributed by atoms with Crippen LogP contribution in [0, 0.1) is 5.92 Å². The third-order valence-electron chi connectivity index (χ3n) is 4.19. The second-order valence-electron chi connectivity index (χ2n) is 5.52. The zero-order valence-electron chi connectivity index (χ0n) is 12.6. The predicted octanol–water partition coefficient (Wildman–Crippen LogP) is 4.67. The lowest BCUT2D eigenvalue weighted by Crippen LogP contribution is -2.35. The zero-order chi connectivity index (χ0) is 15.2. The van der Waals surface area contributed by atoms with Crippen molar-refractivity contribution >= 4 is 11.6 Å². The lowest BCUT2D eigenvalue weighted by Gasteiger charge is -2.32. The molecule has 3 N–H and O–H groups in total. The minimum Gasteiger partial charge on any atom is -0.271 e. The van der Waals surface area contributed by atoms with Crippen LogP contribution in [-0.4, -0.2) is 0 Å². The number of nitrogens with one attached hydrogen (secondary N) is 1. The van der Waals surface area contributed by atoms with Crippen molar-refractivity contribution in [3.05, 3.63) is 70.7 Å². The number of hydrogen-bond donors (Lipinski definition) is 2. The second-order valence-corrected chi connectivity index (χ2v) is 5.96. The maximum atomic E-state index is 6.14. The molecule has 2 aromatic carbocycles. The fourth-order valence-electron chi connectivity index (χ4n) is 2.89. The van der Waals surface area contributed by atoms with Gasteiger partial charge in [0.15, 0.2) is 0 Å². The molecule has 3 unspecified atom stereocenters. The lowest BCUT2D eigenvalue weighted by atomic mass is 9.78. The molecule has 0 radical (unpaired) electrons. The molecule has 0 aliphatic carbocycles. The Morgan fingerprint density at radius 3 is 2.29 bits per heavy atom. The van der Waals surface area contributed by atoms with Gasteiger partial charge in [0.05, 0.1) is 6.04 Å². The van der Waals surface area contributed by atoms with Gasteiger partial charge in [-0.25, -0.2) is 0 Å². The summed E-state index contributed by atoms with van der Waals surface area (Å²) in [6, 6.07) is 18.5. The monoisotopic (exact) mass is 302 g/mol. The molecular formula is C18H23ClN2. The highest BCUT2D eigenvalue weighted by atomic mass is 35.5. The Morgan fingerprint density at radius 1 is 1.05 bits per heavy atom. The molecule has 3 heteroatoms. The highest BCUT2D eigenvalue weighted by Crippen LogP contribution is 2.38. The molecule has 3 atom stereocenters. The number of hydrogen-bond acceptors (Lipinski definition) is 2. The molecule has 0 amide bonds. The first kappa shape index (κ1) is 16.0. The van der Waals surface area contributed by atoms with Crippen molar-refractivity contribution < 1.29 is 0 Å². The van der Waals surface area contributed by atoms with E-state index in [1.165, 1.54) is 5.56 Å². The normalized spacial score (nSPS) is 15.4. The van der Waals surface area contributed by atoms with Crippen molar-refractivity contribution in [1.82, 2.24) is 5.43 Å². The Kier molecular flexibility index (Phi) is 5.80. The maximum Gasteiger partial charge on any atom is 0.0531 e. The van der Waals surface area contributed by atoms with E-state index in [1.54, 1.807) is 0 Å². The highest BCUT2D eigenvalue weighted by Gasteiger charge is 2.28. The molecule has 0 fully saturated rings. The highest BCUT2D eigenvalue weighted by molar-refractivity contribution is 6.30. The molecule has 0 aliphatic heterocycles. The van der Waals surface area contributed by atoms with Gasteiger partial charge in [0.2, 0.25) is 0 Å². The molecule has 0 aliphatic rings. The smallest absolute Gasteiger partial charge is 0.0531 e. The molecule has 112 valence electrons. The molecule has 0 bridgehead atoms. The molecule has 2 rings (SSSR count). The maximum absolute atomic E-state index is 6.14. The standard InChI is InChI=1S/C18H23ClN2/c1-3-13(2)17(14-8-5-4-6-9-14)18(21-20)15-10-7-11-16(19)12-15/h4-13,17-18,21H,3,20H2,1-2H3. The Morgan fingerprint density at radius 2 is 1.71 bits per heavy atom. The number of benzene rings is 2. The molecule has 21 heavy (non-hydrogen) atoms. The van der Waals surface area contributed by atoms with E-state index in [4.69, 9.17) is 17.4 Å². The molecular weight excluding hydrogens is 280 g/mol. The summed E-state index contributed by atoms with van der Waals surface area (Å²) in [6.45, 7) is 4.48. The lowest BCUT2D eigenvalue weighted by molar-refractivity contribution is 0.343. The molecule has 0 saturated heterocycles. The Balaban J connectivity index is 2.43. The minimum absolute atomic E-state index is 0.0426. The summed E-state index contributed by atoms with van der Waals surface area (Å²) in [6.07, 6.45) is 1.10. The Bertz CT molecular complexity index is 556. The van der Waals surface area contributed by atoms with E-state index in [2.05, 4.69) is 49.6 Å². The van der Waals surface area contributed by atoms with Crippen LogP contribution in [0.25, 0.3) is 0 Å². The number of rotatable bonds is 6. The van der Waals surface area contributed by atoms with Gasteiger partial charge in [0, 0.05) is 10.9 Å². The van der Waals surface area contributed by atoms with Gasteiger partial charge < -0.3 is 0 Å². The quantitative estimate of drug-likeness (QED) is 0.601. The first-order valence-electron chi connectivity index (χ1n) is 7.44. The van der Waals surface area contributed by atoms with Gasteiger partial charge in [0.25, 0.3) is 0 Å². The van der Waals surface area contributed by atoms with Crippen molar-refractivity contribution in [3.8, 4) is 0 Å². The van der Waals surface area contributed by atoms with Crippen LogP contribution in [0.2, 0.25) is 5.02 Å².